The van der Waals surface area contributed by atoms with Crippen molar-refractivity contribution >= 4 is 22.6 Å². The molecule has 0 amide bonds. The van der Waals surface area contributed by atoms with Crippen molar-refractivity contribution in [1.82, 2.24) is 0 Å². The molecule has 3 heteroatoms. The van der Waals surface area contributed by atoms with Crippen LogP contribution in [0.2, 0.25) is 0 Å². The summed E-state index contributed by atoms with van der Waals surface area (Å²) in [7, 11) is 0. The molecule has 0 atom stereocenters. The molecule has 0 aromatic carbocycles. The minimum atomic E-state index is 0.255. The van der Waals surface area contributed by atoms with Crippen LogP contribution in [0.15, 0.2) is 4.99 Å². The van der Waals surface area contributed by atoms with Crippen molar-refractivity contribution in [2.75, 3.05) is 12.3 Å². The molecule has 1 aliphatic heterocycles. The Hall–Kier alpha value is -0.310. The van der Waals surface area contributed by atoms with Crippen molar-refractivity contribution in [3.8, 4) is 0 Å². The summed E-state index contributed by atoms with van der Waals surface area (Å²) in [5, 5.41) is 1.25. The van der Waals surface area contributed by atoms with Crippen molar-refractivity contribution in [1.29, 1.82) is 0 Å². The van der Waals surface area contributed by atoms with Gasteiger partial charge < -0.3 is 4.79 Å². The summed E-state index contributed by atoms with van der Waals surface area (Å²) in [5.41, 5.74) is 0. The van der Waals surface area contributed by atoms with Crippen LogP contribution in [0.5, 0.6) is 0 Å². The zero-order chi connectivity index (χ0) is 8.69. The molecule has 1 heterocycles. The minimum absolute atomic E-state index is 0.255. The molecule has 1 aliphatic rings. The quantitative estimate of drug-likeness (QED) is 0.608. The topological polar surface area (TPSA) is 29.4 Å². The molecule has 0 saturated heterocycles. The van der Waals surface area contributed by atoms with Gasteiger partial charge >= 0.3 is 0 Å². The van der Waals surface area contributed by atoms with E-state index in [1.54, 1.807) is 6.92 Å². The highest BCUT2D eigenvalue weighted by Gasteiger charge is 1.97. The smallest absolute Gasteiger partial charge is 0.129 e. The van der Waals surface area contributed by atoms with Gasteiger partial charge in [-0.05, 0) is 13.8 Å². The molecule has 0 aliphatic carbocycles. The van der Waals surface area contributed by atoms with Gasteiger partial charge in [-0.2, -0.15) is 0 Å². The van der Waals surface area contributed by atoms with Crippen LogP contribution in [0.4, 0.5) is 0 Å². The van der Waals surface area contributed by atoms with Crippen LogP contribution in [0.1, 0.15) is 27.2 Å². The van der Waals surface area contributed by atoms with Crippen LogP contribution >= 0.6 is 11.8 Å². The van der Waals surface area contributed by atoms with E-state index in [4.69, 9.17) is 0 Å². The van der Waals surface area contributed by atoms with E-state index in [1.807, 2.05) is 18.7 Å². The van der Waals surface area contributed by atoms with Crippen molar-refractivity contribution < 1.29 is 4.79 Å². The summed E-state index contributed by atoms with van der Waals surface area (Å²) in [5.74, 6) is 1.45. The van der Waals surface area contributed by atoms with E-state index >= 15 is 0 Å². The number of ketones is 1. The first-order valence-corrected chi connectivity index (χ1v) is 4.78. The lowest BCUT2D eigenvalue weighted by atomic mass is 10.4. The molecular formula is C8H15NOS. The zero-order valence-electron chi connectivity index (χ0n) is 7.39. The van der Waals surface area contributed by atoms with Gasteiger partial charge in [-0.15, -0.1) is 11.8 Å². The highest BCUT2D eigenvalue weighted by molar-refractivity contribution is 8.14. The standard InChI is InChI=1S/C4H7NS.C4H8O/c1-4-5-2-3-6-4;1-3-4(2)5/h2-3H2,1H3;3H2,1-2H3. The van der Waals surface area contributed by atoms with Gasteiger partial charge in [0.1, 0.15) is 5.78 Å². The summed E-state index contributed by atoms with van der Waals surface area (Å²) in [6.45, 7) is 6.52. The highest BCUT2D eigenvalue weighted by Crippen LogP contribution is 2.09. The number of Topliss-reactive ketones (excluding diaryl/α,β-unsaturated/α-hetero) is 1. The molecule has 0 radical (unpaired) electrons. The predicted octanol–water partition coefficient (Wildman–Crippen LogP) is 2.14. The third-order valence-electron chi connectivity index (χ3n) is 1.23. The van der Waals surface area contributed by atoms with Crippen LogP contribution in [0.3, 0.4) is 0 Å². The number of hydrogen-bond acceptors (Lipinski definition) is 3. The Labute approximate surface area is 72.5 Å². The maximum Gasteiger partial charge on any atom is 0.129 e. The molecule has 0 fully saturated rings. The zero-order valence-corrected chi connectivity index (χ0v) is 8.20. The number of rotatable bonds is 1. The molecule has 0 aromatic rings. The highest BCUT2D eigenvalue weighted by atomic mass is 32.2. The molecule has 0 spiro atoms. The molecule has 0 unspecified atom stereocenters. The number of carbonyl (C=O) groups excluding carboxylic acids is 1. The molecule has 2 nitrogen and oxygen atoms in total. The van der Waals surface area contributed by atoms with Gasteiger partial charge in [-0.3, -0.25) is 4.99 Å². The fourth-order valence-electron chi connectivity index (χ4n) is 0.442. The fourth-order valence-corrected chi connectivity index (χ4v) is 1.10. The predicted molar refractivity (Wildman–Crippen MR) is 51.4 cm³/mol. The van der Waals surface area contributed by atoms with E-state index in [2.05, 4.69) is 11.9 Å². The second-order valence-corrected chi connectivity index (χ2v) is 3.59. The van der Waals surface area contributed by atoms with Crippen LogP contribution in [-0.2, 0) is 4.79 Å². The molecule has 1 rings (SSSR count). The monoisotopic (exact) mass is 173 g/mol. The van der Waals surface area contributed by atoms with Gasteiger partial charge in [0.15, 0.2) is 0 Å². The Kier molecular flexibility index (Phi) is 6.22. The van der Waals surface area contributed by atoms with E-state index in [1.165, 1.54) is 10.8 Å². The molecular weight excluding hydrogens is 158 g/mol. The summed E-state index contributed by atoms with van der Waals surface area (Å²) >= 11 is 1.85. The summed E-state index contributed by atoms with van der Waals surface area (Å²) in [6, 6.07) is 0. The van der Waals surface area contributed by atoms with E-state index < -0.39 is 0 Å². The molecule has 0 saturated carbocycles. The Morgan fingerprint density at radius 1 is 1.73 bits per heavy atom. The largest absolute Gasteiger partial charge is 0.300 e. The molecule has 0 aromatic heterocycles. The van der Waals surface area contributed by atoms with Crippen molar-refractivity contribution in [2.45, 2.75) is 27.2 Å². The van der Waals surface area contributed by atoms with Crippen molar-refractivity contribution in [2.24, 2.45) is 4.99 Å². The maximum absolute atomic E-state index is 9.81. The molecule has 11 heavy (non-hydrogen) atoms. The van der Waals surface area contributed by atoms with E-state index in [0.717, 1.165) is 6.54 Å². The van der Waals surface area contributed by atoms with E-state index in [9.17, 15) is 4.79 Å². The fraction of sp³-hybridized carbons (Fsp3) is 0.750. The summed E-state index contributed by atoms with van der Waals surface area (Å²) < 4.78 is 0. The average molecular weight is 173 g/mol. The summed E-state index contributed by atoms with van der Waals surface area (Å²) in [4.78, 5) is 13.9. The van der Waals surface area contributed by atoms with Gasteiger partial charge in [-0.25, -0.2) is 0 Å². The van der Waals surface area contributed by atoms with Crippen molar-refractivity contribution in [3.05, 3.63) is 0 Å². The second-order valence-electron chi connectivity index (χ2n) is 2.30. The van der Waals surface area contributed by atoms with Crippen LogP contribution < -0.4 is 0 Å². The normalized spacial score (nSPS) is 15.0. The number of hydrogen-bond donors (Lipinski definition) is 0. The molecule has 0 bridgehead atoms. The molecule has 64 valence electrons. The number of nitrogens with zero attached hydrogens (tertiary/aromatic N) is 1. The maximum atomic E-state index is 9.81. The average Bonchev–Trinajstić information content (AvgIpc) is 2.41. The van der Waals surface area contributed by atoms with Crippen LogP contribution in [0.25, 0.3) is 0 Å². The van der Waals surface area contributed by atoms with Gasteiger partial charge in [0.2, 0.25) is 0 Å². The number of aliphatic imine (C=N–C) groups is 1. The van der Waals surface area contributed by atoms with Crippen LogP contribution in [-0.4, -0.2) is 23.1 Å². The Bertz CT molecular complexity index is 154. The first-order valence-electron chi connectivity index (χ1n) is 3.80. The van der Waals surface area contributed by atoms with Crippen molar-refractivity contribution in [3.63, 3.8) is 0 Å². The lowest BCUT2D eigenvalue weighted by Crippen LogP contribution is -1.80. The van der Waals surface area contributed by atoms with Gasteiger partial charge in [-0.1, -0.05) is 6.92 Å². The second kappa shape index (κ2) is 6.40. The Morgan fingerprint density at radius 3 is 2.36 bits per heavy atom. The van der Waals surface area contributed by atoms with E-state index in [0.29, 0.717) is 6.42 Å². The Morgan fingerprint density at radius 2 is 2.27 bits per heavy atom. The Balaban J connectivity index is 0.000000187. The van der Waals surface area contributed by atoms with E-state index in [-0.39, 0.29) is 5.78 Å². The van der Waals surface area contributed by atoms with Gasteiger partial charge in [0, 0.05) is 18.7 Å². The lowest BCUT2D eigenvalue weighted by molar-refractivity contribution is -0.116. The van der Waals surface area contributed by atoms with Gasteiger partial charge in [0.25, 0.3) is 0 Å². The minimum Gasteiger partial charge on any atom is -0.300 e. The van der Waals surface area contributed by atoms with Crippen LogP contribution in [0, 0.1) is 0 Å². The number of thioether (sulfide) groups is 1. The SMILES string of the molecule is CC1=NCCS1.CCC(C)=O. The first kappa shape index (κ1) is 10.7. The third kappa shape index (κ3) is 7.59. The molecule has 0 N–H and O–H groups in total. The number of carbonyl (C=O) groups is 1. The lowest BCUT2D eigenvalue weighted by Gasteiger charge is -1.76. The summed E-state index contributed by atoms with van der Waals surface area (Å²) in [6.07, 6.45) is 0.667. The van der Waals surface area contributed by atoms with Gasteiger partial charge in [0.05, 0.1) is 5.04 Å². The first-order chi connectivity index (χ1) is 5.16. The third-order valence-corrected chi connectivity index (χ3v) is 2.17.